The van der Waals surface area contributed by atoms with Crippen molar-refractivity contribution >= 4 is 28.6 Å². The van der Waals surface area contributed by atoms with Crippen LogP contribution in [0.5, 0.6) is 0 Å². The number of pyridine rings is 1. The van der Waals surface area contributed by atoms with Crippen LogP contribution in [-0.4, -0.2) is 4.98 Å². The smallest absolute Gasteiger partial charge is 0.187 e. The van der Waals surface area contributed by atoms with E-state index in [0.717, 1.165) is 22.4 Å². The third kappa shape index (κ3) is 3.71. The first kappa shape index (κ1) is 25.5. The predicted molar refractivity (Wildman–Crippen MR) is 185 cm³/mol. The Hall–Kier alpha value is -6.04. The maximum atomic E-state index is 7.24. The van der Waals surface area contributed by atoms with E-state index in [9.17, 15) is 0 Å². The third-order valence-corrected chi connectivity index (χ3v) is 9.56. The van der Waals surface area contributed by atoms with Crippen molar-refractivity contribution in [1.29, 1.82) is 0 Å². The monoisotopic (exact) mass is 570 g/mol. The van der Waals surface area contributed by atoms with Crippen LogP contribution in [0.15, 0.2) is 146 Å². The Kier molecular flexibility index (Phi) is 5.51. The zero-order valence-electron chi connectivity index (χ0n) is 24.4. The zero-order valence-corrected chi connectivity index (χ0v) is 24.4. The second-order valence-corrected chi connectivity index (χ2v) is 11.9. The largest absolute Gasteiger partial charge is 0.256 e. The maximum absolute atomic E-state index is 7.24. The van der Waals surface area contributed by atoms with Gasteiger partial charge < -0.3 is 0 Å². The molecule has 1 aromatic heterocycles. The van der Waals surface area contributed by atoms with Gasteiger partial charge in [-0.15, -0.1) is 0 Å². The maximum Gasteiger partial charge on any atom is 0.187 e. The van der Waals surface area contributed by atoms with Crippen LogP contribution in [-0.2, 0) is 5.41 Å². The van der Waals surface area contributed by atoms with Crippen molar-refractivity contribution in [2.75, 3.05) is 0 Å². The van der Waals surface area contributed by atoms with Crippen LogP contribution in [0.3, 0.4) is 0 Å². The minimum Gasteiger partial charge on any atom is -0.256 e. The Morgan fingerprint density at radius 1 is 0.489 bits per heavy atom. The number of fused-ring (bicyclic) bond motifs is 10. The van der Waals surface area contributed by atoms with E-state index in [2.05, 4.69) is 132 Å². The molecule has 1 spiro atoms. The van der Waals surface area contributed by atoms with E-state index >= 15 is 0 Å². The van der Waals surface area contributed by atoms with Crippen molar-refractivity contribution in [3.05, 3.63) is 191 Å². The number of benzene rings is 6. The van der Waals surface area contributed by atoms with Crippen LogP contribution in [0, 0.1) is 6.57 Å². The highest BCUT2D eigenvalue weighted by Gasteiger charge is 2.48. The van der Waals surface area contributed by atoms with Crippen molar-refractivity contribution in [3.63, 3.8) is 0 Å². The highest BCUT2D eigenvalue weighted by Crippen LogP contribution is 2.59. The predicted octanol–water partition coefficient (Wildman–Crippen LogP) is 11.0. The summed E-state index contributed by atoms with van der Waals surface area (Å²) >= 11 is 0. The summed E-state index contributed by atoms with van der Waals surface area (Å²) in [6.07, 6.45) is 6.53. The summed E-state index contributed by atoms with van der Waals surface area (Å²) in [4.78, 5) is 8.36. The molecule has 9 rings (SSSR count). The zero-order chi connectivity index (χ0) is 30.0. The highest BCUT2D eigenvalue weighted by atomic mass is 14.7. The molecule has 2 aliphatic rings. The van der Waals surface area contributed by atoms with Gasteiger partial charge in [-0.05, 0) is 90.7 Å². The van der Waals surface area contributed by atoms with Gasteiger partial charge in [-0.25, -0.2) is 4.85 Å². The summed E-state index contributed by atoms with van der Waals surface area (Å²) in [7, 11) is 0. The number of rotatable bonds is 2. The van der Waals surface area contributed by atoms with Crippen LogP contribution in [0.2, 0.25) is 0 Å². The summed E-state index contributed by atoms with van der Waals surface area (Å²) < 4.78 is 0. The van der Waals surface area contributed by atoms with Crippen molar-refractivity contribution < 1.29 is 0 Å². The fourth-order valence-electron chi connectivity index (χ4n) is 7.50. The molecule has 0 saturated carbocycles. The Labute approximate surface area is 262 Å². The minimum atomic E-state index is -0.487. The van der Waals surface area contributed by atoms with Gasteiger partial charge in [0.2, 0.25) is 0 Å². The summed E-state index contributed by atoms with van der Waals surface area (Å²) in [6, 6.07) is 50.1. The minimum absolute atomic E-state index is 0.487. The van der Waals surface area contributed by atoms with Gasteiger partial charge in [0.15, 0.2) is 5.69 Å². The lowest BCUT2D eigenvalue weighted by molar-refractivity contribution is 0.767. The molecule has 2 heteroatoms. The van der Waals surface area contributed by atoms with E-state index in [1.165, 1.54) is 55.3 Å². The SMILES string of the molecule is [C-]#[N+]c1ccc(-c2ccc(-c3ccc4c(c3)C3(c5ccccc5C=C4)c4ccccc4-c4cc5ccccc5cc43)cn2)cc1. The molecule has 0 N–H and O–H groups in total. The Morgan fingerprint density at radius 2 is 1.16 bits per heavy atom. The van der Waals surface area contributed by atoms with E-state index in [1.54, 1.807) is 0 Å². The second-order valence-electron chi connectivity index (χ2n) is 11.9. The number of hydrogen-bond acceptors (Lipinski definition) is 1. The van der Waals surface area contributed by atoms with Gasteiger partial charge in [-0.2, -0.15) is 0 Å². The van der Waals surface area contributed by atoms with Gasteiger partial charge in [0, 0.05) is 11.8 Å². The van der Waals surface area contributed by atoms with E-state index in [4.69, 9.17) is 11.6 Å². The highest BCUT2D eigenvalue weighted by molar-refractivity contribution is 5.98. The molecule has 1 atom stereocenters. The first-order valence-corrected chi connectivity index (χ1v) is 15.2. The molecule has 1 unspecified atom stereocenters. The van der Waals surface area contributed by atoms with E-state index < -0.39 is 5.41 Å². The topological polar surface area (TPSA) is 17.2 Å². The fourth-order valence-corrected chi connectivity index (χ4v) is 7.50. The Bertz CT molecular complexity index is 2370. The van der Waals surface area contributed by atoms with E-state index in [-0.39, 0.29) is 0 Å². The molecule has 0 saturated heterocycles. The first-order chi connectivity index (χ1) is 22.2. The average molecular weight is 571 g/mol. The lowest BCUT2D eigenvalue weighted by Gasteiger charge is -2.35. The fraction of sp³-hybridized carbons (Fsp3) is 0.0233. The molecule has 0 amide bonds. The molecule has 45 heavy (non-hydrogen) atoms. The van der Waals surface area contributed by atoms with Crippen molar-refractivity contribution in [2.45, 2.75) is 5.41 Å². The van der Waals surface area contributed by atoms with Gasteiger partial charge >= 0.3 is 0 Å². The van der Waals surface area contributed by atoms with E-state index in [0.29, 0.717) is 5.69 Å². The van der Waals surface area contributed by atoms with Crippen LogP contribution >= 0.6 is 0 Å². The third-order valence-electron chi connectivity index (χ3n) is 9.56. The average Bonchev–Trinajstić information content (AvgIpc) is 3.30. The summed E-state index contributed by atoms with van der Waals surface area (Å²) in [5, 5.41) is 2.51. The van der Waals surface area contributed by atoms with Crippen LogP contribution in [0.25, 0.3) is 61.3 Å². The lowest BCUT2D eigenvalue weighted by atomic mass is 9.65. The van der Waals surface area contributed by atoms with Crippen molar-refractivity contribution in [1.82, 2.24) is 4.98 Å². The number of nitrogens with zero attached hydrogens (tertiary/aromatic N) is 2. The number of aromatic nitrogens is 1. The molecule has 2 nitrogen and oxygen atoms in total. The standard InChI is InChI=1S/C43H26N2/c1-44-35-21-18-30(19-22-35)42-23-20-34(27-45-42)33-17-16-29-15-14-28-8-4-6-12-38(28)43(40(29)25-33)39-13-7-5-11-36(39)37-24-31-9-2-3-10-32(31)26-41(37)43/h2-27H. The van der Waals surface area contributed by atoms with Crippen molar-refractivity contribution in [2.24, 2.45) is 0 Å². The summed E-state index contributed by atoms with van der Waals surface area (Å²) in [5.41, 5.74) is 14.5. The quantitative estimate of drug-likeness (QED) is 0.189. The van der Waals surface area contributed by atoms with Gasteiger partial charge in [0.25, 0.3) is 0 Å². The molecule has 1 heterocycles. The van der Waals surface area contributed by atoms with Gasteiger partial charge in [0.1, 0.15) is 0 Å². The number of hydrogen-bond donors (Lipinski definition) is 0. The Morgan fingerprint density at radius 3 is 1.93 bits per heavy atom. The van der Waals surface area contributed by atoms with Crippen LogP contribution in [0.4, 0.5) is 5.69 Å². The van der Waals surface area contributed by atoms with Crippen LogP contribution in [0.1, 0.15) is 33.4 Å². The summed E-state index contributed by atoms with van der Waals surface area (Å²) in [5.74, 6) is 0. The molecule has 0 fully saturated rings. The van der Waals surface area contributed by atoms with E-state index in [1.807, 2.05) is 30.5 Å². The molecule has 0 bridgehead atoms. The molecular formula is C43H26N2. The molecule has 208 valence electrons. The normalized spacial score (nSPS) is 15.5. The lowest BCUT2D eigenvalue weighted by Crippen LogP contribution is -2.30. The van der Waals surface area contributed by atoms with Crippen LogP contribution < -0.4 is 0 Å². The molecule has 0 radical (unpaired) electrons. The molecular weight excluding hydrogens is 544 g/mol. The molecule has 6 aromatic carbocycles. The van der Waals surface area contributed by atoms with Crippen molar-refractivity contribution in [3.8, 4) is 33.5 Å². The molecule has 7 aromatic rings. The summed E-state index contributed by atoms with van der Waals surface area (Å²) in [6.45, 7) is 7.24. The second kappa shape index (κ2) is 9.74. The Balaban J connectivity index is 1.30. The van der Waals surface area contributed by atoms with Gasteiger partial charge in [-0.1, -0.05) is 127 Å². The van der Waals surface area contributed by atoms with Gasteiger partial charge in [-0.3, -0.25) is 4.98 Å². The molecule has 2 aliphatic carbocycles. The first-order valence-electron chi connectivity index (χ1n) is 15.2. The van der Waals surface area contributed by atoms with Gasteiger partial charge in [0.05, 0.1) is 17.7 Å². The molecule has 0 aliphatic heterocycles.